The molecule has 2 unspecified atom stereocenters. The summed E-state index contributed by atoms with van der Waals surface area (Å²) in [4.78, 5) is 50.6. The van der Waals surface area contributed by atoms with Crippen molar-refractivity contribution in [2.75, 3.05) is 19.1 Å². The van der Waals surface area contributed by atoms with Crippen LogP contribution in [0.2, 0.25) is 0 Å². The van der Waals surface area contributed by atoms with E-state index in [0.29, 0.717) is 5.65 Å². The maximum absolute atomic E-state index is 12.0. The second kappa shape index (κ2) is 10.3. The monoisotopic (exact) mass is 546 g/mol. The van der Waals surface area contributed by atoms with E-state index in [2.05, 4.69) is 38.1 Å². The molecule has 1 fully saturated rings. The molecule has 2 aromatic heterocycles. The van der Waals surface area contributed by atoms with Gasteiger partial charge in [0.1, 0.15) is 30.9 Å². The molecule has 0 radical (unpaired) electrons. The van der Waals surface area contributed by atoms with Gasteiger partial charge in [0.25, 0.3) is 0 Å². The molecule has 34 heavy (non-hydrogen) atoms. The van der Waals surface area contributed by atoms with Crippen LogP contribution in [0.4, 0.5) is 5.82 Å². The Balaban J connectivity index is 1.73. The zero-order valence-corrected chi connectivity index (χ0v) is 19.3. The van der Waals surface area contributed by atoms with Gasteiger partial charge < -0.3 is 34.8 Å². The zero-order valence-electron chi connectivity index (χ0n) is 16.6. The van der Waals surface area contributed by atoms with Gasteiger partial charge in [0.2, 0.25) is 0 Å². The summed E-state index contributed by atoms with van der Waals surface area (Å²) in [7, 11) is -16.6. The highest BCUT2D eigenvalue weighted by Gasteiger charge is 2.43. The molecule has 0 aromatic carbocycles. The largest absolute Gasteiger partial charge is 0.490 e. The third kappa shape index (κ3) is 7.00. The number of nitrogens with two attached hydrogens (primary N) is 1. The average Bonchev–Trinajstić information content (AvgIpc) is 3.28. The van der Waals surface area contributed by atoms with E-state index in [1.54, 1.807) is 0 Å². The second-order valence-electron chi connectivity index (χ2n) is 6.40. The van der Waals surface area contributed by atoms with Gasteiger partial charge in [0.15, 0.2) is 11.5 Å². The molecule has 1 saturated heterocycles. The van der Waals surface area contributed by atoms with Crippen LogP contribution in [0.1, 0.15) is 12.6 Å². The summed E-state index contributed by atoms with van der Waals surface area (Å²) < 4.78 is 58.7. The second-order valence-corrected chi connectivity index (χ2v) is 10.8. The van der Waals surface area contributed by atoms with Crippen molar-refractivity contribution in [2.45, 2.75) is 24.9 Å². The van der Waals surface area contributed by atoms with E-state index in [-0.39, 0.29) is 17.8 Å². The number of azide groups is 1. The average molecular weight is 546 g/mol. The Morgan fingerprint density at radius 1 is 1.21 bits per heavy atom. The molecule has 1 aliphatic heterocycles. The summed E-state index contributed by atoms with van der Waals surface area (Å²) in [5.74, 6) is 0.113. The van der Waals surface area contributed by atoms with Crippen molar-refractivity contribution in [3.05, 3.63) is 23.1 Å². The Hall–Kier alpha value is -2.01. The summed E-state index contributed by atoms with van der Waals surface area (Å²) in [5, 5.41) is 3.23. The van der Waals surface area contributed by atoms with Crippen molar-refractivity contribution in [1.82, 2.24) is 19.5 Å². The van der Waals surface area contributed by atoms with Crippen LogP contribution < -0.4 is 5.73 Å². The maximum Gasteiger partial charge on any atom is 0.490 e. The van der Waals surface area contributed by atoms with Gasteiger partial charge in [0, 0.05) is 11.3 Å². The zero-order chi connectivity index (χ0) is 25.1. The van der Waals surface area contributed by atoms with Crippen LogP contribution in [-0.2, 0) is 36.3 Å². The maximum atomic E-state index is 12.0. The van der Waals surface area contributed by atoms with Crippen molar-refractivity contribution in [2.24, 2.45) is 5.11 Å². The lowest BCUT2D eigenvalue weighted by molar-refractivity contribution is -0.0583. The molecule has 5 atom stereocenters. The van der Waals surface area contributed by atoms with E-state index in [9.17, 15) is 23.5 Å². The van der Waals surface area contributed by atoms with Gasteiger partial charge in [-0.15, -0.1) is 0 Å². The quantitative estimate of drug-likeness (QED) is 0.112. The molecule has 0 aliphatic carbocycles. The lowest BCUT2D eigenvalue weighted by atomic mass is 10.2. The number of hydrogen-bond donors (Lipinski definition) is 5. The number of rotatable bonds is 11. The van der Waals surface area contributed by atoms with Crippen molar-refractivity contribution in [1.29, 1.82) is 0 Å². The van der Waals surface area contributed by atoms with Crippen molar-refractivity contribution in [3.8, 4) is 0 Å². The highest BCUT2D eigenvalue weighted by atomic mass is 31.3. The third-order valence-corrected chi connectivity index (χ3v) is 7.91. The molecule has 0 bridgehead atoms. The Labute approximate surface area is 188 Å². The minimum absolute atomic E-state index is 0.0841. The van der Waals surface area contributed by atoms with Gasteiger partial charge in [-0.1, -0.05) is 5.11 Å². The summed E-state index contributed by atoms with van der Waals surface area (Å²) >= 11 is 0. The number of phosphoric acid groups is 3. The number of hydrogen-bond acceptors (Lipinski definition) is 13. The summed E-state index contributed by atoms with van der Waals surface area (Å²) in [6.45, 7) is -1.20. The van der Waals surface area contributed by atoms with Crippen LogP contribution in [0.15, 0.2) is 17.8 Å². The Bertz CT molecular complexity index is 1230. The van der Waals surface area contributed by atoms with E-state index in [1.807, 2.05) is 0 Å². The fraction of sp³-hybridized carbons (Fsp3) is 0.545. The summed E-state index contributed by atoms with van der Waals surface area (Å²) in [5.41, 5.74) is 14.8. The smallest absolute Gasteiger partial charge is 0.382 e. The van der Waals surface area contributed by atoms with E-state index in [0.717, 1.165) is 0 Å². The van der Waals surface area contributed by atoms with Crippen LogP contribution >= 0.6 is 23.5 Å². The molecule has 20 nitrogen and oxygen atoms in total. The van der Waals surface area contributed by atoms with Gasteiger partial charge in [-0.05, 0) is 5.53 Å². The van der Waals surface area contributed by atoms with Crippen LogP contribution in [0.3, 0.4) is 0 Å². The first-order chi connectivity index (χ1) is 15.8. The Kier molecular flexibility index (Phi) is 8.07. The summed E-state index contributed by atoms with van der Waals surface area (Å²) in [6, 6.07) is 0. The van der Waals surface area contributed by atoms with Crippen LogP contribution in [-0.4, -0.2) is 64.6 Å². The molecule has 0 saturated carbocycles. The van der Waals surface area contributed by atoms with Crippen LogP contribution in [0, 0.1) is 0 Å². The number of phosphoric ester groups is 1. The molecule has 0 spiro atoms. The normalized spacial score (nSPS) is 24.4. The minimum atomic E-state index is -5.68. The minimum Gasteiger partial charge on any atom is -0.382 e. The van der Waals surface area contributed by atoms with E-state index in [1.165, 1.54) is 17.2 Å². The van der Waals surface area contributed by atoms with E-state index >= 15 is 0 Å². The van der Waals surface area contributed by atoms with Crippen LogP contribution in [0.25, 0.3) is 21.6 Å². The van der Waals surface area contributed by atoms with Crippen molar-refractivity contribution in [3.63, 3.8) is 0 Å². The molecular formula is C11H17N8O12P3. The number of imidazole rings is 1. The lowest BCUT2D eigenvalue weighted by Crippen LogP contribution is -2.29. The molecule has 3 heterocycles. The third-order valence-electron chi connectivity index (χ3n) is 4.11. The fourth-order valence-corrected chi connectivity index (χ4v) is 5.93. The first-order valence-electron chi connectivity index (χ1n) is 8.79. The molecule has 2 aromatic rings. The molecular weight excluding hydrogens is 529 g/mol. The fourth-order valence-electron chi connectivity index (χ4n) is 2.90. The highest BCUT2D eigenvalue weighted by molar-refractivity contribution is 7.66. The van der Waals surface area contributed by atoms with Crippen molar-refractivity contribution < 1.29 is 55.9 Å². The number of aromatic nitrogens is 4. The number of ether oxygens (including phenoxy) is 2. The van der Waals surface area contributed by atoms with Gasteiger partial charge in [0.05, 0.1) is 19.0 Å². The van der Waals surface area contributed by atoms with Gasteiger partial charge in [-0.3, -0.25) is 9.09 Å². The SMILES string of the molecule is [N-]=[N+]=NCO[C@H]1C[C@H](n2cnc3c(N)ncnc32)O[C@@H]1COP(=O)(O)OP(=O)(O)OP(=O)(O)O. The topological polar surface area (TPSA) is 297 Å². The molecule has 6 N–H and O–H groups in total. The van der Waals surface area contributed by atoms with Crippen LogP contribution in [0.5, 0.6) is 0 Å². The lowest BCUT2D eigenvalue weighted by Gasteiger charge is -2.20. The standard InChI is InChI=1S/C11H17N8O12P3/c12-10-9-11(15-3-14-10)19(4-16-9)8-1-6(27-5-17-18-13)7(29-8)2-28-33(23,24)31-34(25,26)30-32(20,21)22/h3-4,6-8H,1-2,5H2,(H,23,24)(H,25,26)(H2,12,14,15)(H2,20,21,22)/t6-,7+,8+/m0/s1. The van der Waals surface area contributed by atoms with E-state index < -0.39 is 55.2 Å². The number of nitrogens with zero attached hydrogens (tertiary/aromatic N) is 7. The van der Waals surface area contributed by atoms with E-state index in [4.69, 9.17) is 30.5 Å². The number of nitrogen functional groups attached to an aromatic ring is 1. The highest BCUT2D eigenvalue weighted by Crippen LogP contribution is 2.66. The predicted octanol–water partition coefficient (Wildman–Crippen LogP) is 0.692. The Morgan fingerprint density at radius 3 is 2.62 bits per heavy atom. The first-order valence-corrected chi connectivity index (χ1v) is 13.3. The molecule has 188 valence electrons. The first kappa shape index (κ1) is 26.6. The predicted molar refractivity (Wildman–Crippen MR) is 107 cm³/mol. The van der Waals surface area contributed by atoms with Gasteiger partial charge in [-0.25, -0.2) is 28.6 Å². The molecule has 3 rings (SSSR count). The molecule has 1 aliphatic rings. The van der Waals surface area contributed by atoms with Crippen molar-refractivity contribution >= 4 is 40.4 Å². The summed E-state index contributed by atoms with van der Waals surface area (Å²) in [6.07, 6.45) is -0.187. The number of anilines is 1. The van der Waals surface area contributed by atoms with Gasteiger partial charge in [-0.2, -0.15) is 8.62 Å². The molecule has 23 heteroatoms. The molecule has 0 amide bonds. The Morgan fingerprint density at radius 2 is 1.94 bits per heavy atom. The number of fused-ring (bicyclic) bond motifs is 1. The van der Waals surface area contributed by atoms with Gasteiger partial charge >= 0.3 is 23.5 Å².